The number of nitro groups is 1. The second-order valence-electron chi connectivity index (χ2n) is 5.06. The first kappa shape index (κ1) is 15.2. The molecule has 0 radical (unpaired) electrons. The van der Waals surface area contributed by atoms with Crippen molar-refractivity contribution in [3.8, 4) is 5.75 Å². The number of piperidine rings is 1. The van der Waals surface area contributed by atoms with E-state index >= 15 is 0 Å². The SMILES string of the molecule is O=C(COc1ccc([N+](=O)[O-])cc1)NCC1CCCNC1. The molecule has 114 valence electrons. The number of nitro benzene ring substituents is 1. The number of nitrogens with one attached hydrogen (secondary N) is 2. The molecule has 2 N–H and O–H groups in total. The Bertz CT molecular complexity index is 483. The van der Waals surface area contributed by atoms with Crippen LogP contribution in [0.4, 0.5) is 5.69 Å². The summed E-state index contributed by atoms with van der Waals surface area (Å²) >= 11 is 0. The molecule has 1 aromatic rings. The van der Waals surface area contributed by atoms with E-state index in [1.165, 1.54) is 24.3 Å². The second kappa shape index (κ2) is 7.58. The number of nitrogens with zero attached hydrogens (tertiary/aromatic N) is 1. The lowest BCUT2D eigenvalue weighted by atomic mass is 10.00. The lowest BCUT2D eigenvalue weighted by Gasteiger charge is -2.22. The number of amides is 1. The highest BCUT2D eigenvalue weighted by atomic mass is 16.6. The summed E-state index contributed by atoms with van der Waals surface area (Å²) in [4.78, 5) is 21.7. The van der Waals surface area contributed by atoms with Gasteiger partial charge in [0.05, 0.1) is 4.92 Å². The van der Waals surface area contributed by atoms with Gasteiger partial charge < -0.3 is 15.4 Å². The average molecular weight is 293 g/mol. The highest BCUT2D eigenvalue weighted by Crippen LogP contribution is 2.17. The maximum atomic E-state index is 11.7. The smallest absolute Gasteiger partial charge is 0.269 e. The molecule has 7 heteroatoms. The van der Waals surface area contributed by atoms with Crippen molar-refractivity contribution in [2.45, 2.75) is 12.8 Å². The van der Waals surface area contributed by atoms with Crippen LogP contribution in [0.25, 0.3) is 0 Å². The number of carbonyl (C=O) groups excluding carboxylic acids is 1. The quantitative estimate of drug-likeness (QED) is 0.605. The van der Waals surface area contributed by atoms with Crippen LogP contribution in [0, 0.1) is 16.0 Å². The fourth-order valence-electron chi connectivity index (χ4n) is 2.22. The van der Waals surface area contributed by atoms with Crippen molar-refractivity contribution in [3.05, 3.63) is 34.4 Å². The molecule has 0 aromatic heterocycles. The molecule has 1 aliphatic rings. The first-order chi connectivity index (χ1) is 10.1. The van der Waals surface area contributed by atoms with Crippen LogP contribution in [-0.4, -0.2) is 37.1 Å². The molecular weight excluding hydrogens is 274 g/mol. The third-order valence-electron chi connectivity index (χ3n) is 3.40. The summed E-state index contributed by atoms with van der Waals surface area (Å²) in [6.45, 7) is 2.55. The Labute approximate surface area is 122 Å². The summed E-state index contributed by atoms with van der Waals surface area (Å²) < 4.78 is 5.29. The summed E-state index contributed by atoms with van der Waals surface area (Å²) in [5, 5.41) is 16.6. The van der Waals surface area contributed by atoms with Gasteiger partial charge in [-0.3, -0.25) is 14.9 Å². The van der Waals surface area contributed by atoms with E-state index in [4.69, 9.17) is 4.74 Å². The Hall–Kier alpha value is -2.15. The molecule has 0 aliphatic carbocycles. The standard InChI is InChI=1S/C14H19N3O4/c18-14(16-9-11-2-1-7-15-8-11)10-21-13-5-3-12(4-6-13)17(19)20/h3-6,11,15H,1-2,7-10H2,(H,16,18). The first-order valence-corrected chi connectivity index (χ1v) is 7.00. The summed E-state index contributed by atoms with van der Waals surface area (Å²) in [6, 6.07) is 5.66. The minimum absolute atomic E-state index is 0.00315. The Morgan fingerprint density at radius 3 is 2.81 bits per heavy atom. The minimum atomic E-state index is -0.477. The van der Waals surface area contributed by atoms with Gasteiger partial charge in [0.1, 0.15) is 5.75 Å². The van der Waals surface area contributed by atoms with Gasteiger partial charge in [0.2, 0.25) is 0 Å². The molecule has 1 amide bonds. The lowest BCUT2D eigenvalue weighted by molar-refractivity contribution is -0.384. The van der Waals surface area contributed by atoms with Crippen LogP contribution in [0.3, 0.4) is 0 Å². The molecule has 1 saturated heterocycles. The topological polar surface area (TPSA) is 93.5 Å². The van der Waals surface area contributed by atoms with Gasteiger partial charge in [-0.2, -0.15) is 0 Å². The first-order valence-electron chi connectivity index (χ1n) is 7.00. The van der Waals surface area contributed by atoms with Crippen molar-refractivity contribution >= 4 is 11.6 Å². The molecule has 1 aliphatic heterocycles. The Morgan fingerprint density at radius 1 is 1.43 bits per heavy atom. The van der Waals surface area contributed by atoms with E-state index in [1.54, 1.807) is 0 Å². The van der Waals surface area contributed by atoms with E-state index in [0.29, 0.717) is 18.2 Å². The number of rotatable bonds is 6. The van der Waals surface area contributed by atoms with Gasteiger partial charge in [-0.1, -0.05) is 0 Å². The third-order valence-corrected chi connectivity index (χ3v) is 3.40. The van der Waals surface area contributed by atoms with E-state index in [2.05, 4.69) is 10.6 Å². The van der Waals surface area contributed by atoms with Crippen LogP contribution in [0.1, 0.15) is 12.8 Å². The van der Waals surface area contributed by atoms with Crippen LogP contribution in [0.5, 0.6) is 5.75 Å². The van der Waals surface area contributed by atoms with Crippen molar-refractivity contribution in [1.82, 2.24) is 10.6 Å². The third kappa shape index (κ3) is 5.03. The van der Waals surface area contributed by atoms with E-state index in [9.17, 15) is 14.9 Å². The van der Waals surface area contributed by atoms with Crippen molar-refractivity contribution in [3.63, 3.8) is 0 Å². The molecule has 21 heavy (non-hydrogen) atoms. The molecule has 1 unspecified atom stereocenters. The number of hydrogen-bond acceptors (Lipinski definition) is 5. The zero-order valence-electron chi connectivity index (χ0n) is 11.7. The predicted molar refractivity (Wildman–Crippen MR) is 77.2 cm³/mol. The van der Waals surface area contributed by atoms with E-state index in [0.717, 1.165) is 25.9 Å². The minimum Gasteiger partial charge on any atom is -0.484 e. The van der Waals surface area contributed by atoms with Crippen LogP contribution in [0.2, 0.25) is 0 Å². The summed E-state index contributed by atoms with van der Waals surface area (Å²) in [5.41, 5.74) is -0.00315. The molecule has 1 fully saturated rings. The zero-order valence-corrected chi connectivity index (χ0v) is 11.7. The van der Waals surface area contributed by atoms with Crippen LogP contribution in [-0.2, 0) is 4.79 Å². The number of benzene rings is 1. The van der Waals surface area contributed by atoms with Crippen LogP contribution in [0.15, 0.2) is 24.3 Å². The van der Waals surface area contributed by atoms with E-state index in [-0.39, 0.29) is 18.2 Å². The second-order valence-corrected chi connectivity index (χ2v) is 5.06. The Kier molecular flexibility index (Phi) is 5.51. The monoisotopic (exact) mass is 293 g/mol. The highest BCUT2D eigenvalue weighted by molar-refractivity contribution is 5.77. The van der Waals surface area contributed by atoms with Gasteiger partial charge in [0.25, 0.3) is 11.6 Å². The molecule has 0 spiro atoms. The molecule has 1 aromatic carbocycles. The largest absolute Gasteiger partial charge is 0.484 e. The summed E-state index contributed by atoms with van der Waals surface area (Å²) in [7, 11) is 0. The van der Waals surface area contributed by atoms with Gasteiger partial charge in [-0.25, -0.2) is 0 Å². The Morgan fingerprint density at radius 2 is 2.19 bits per heavy atom. The maximum Gasteiger partial charge on any atom is 0.269 e. The molecule has 1 heterocycles. The lowest BCUT2D eigenvalue weighted by Crippen LogP contribution is -2.39. The molecular formula is C14H19N3O4. The maximum absolute atomic E-state index is 11.7. The van der Waals surface area contributed by atoms with E-state index < -0.39 is 4.92 Å². The molecule has 1 atom stereocenters. The fourth-order valence-corrected chi connectivity index (χ4v) is 2.22. The average Bonchev–Trinajstić information content (AvgIpc) is 2.52. The number of non-ortho nitro benzene ring substituents is 1. The molecule has 0 saturated carbocycles. The number of hydrogen-bond donors (Lipinski definition) is 2. The van der Waals surface area contributed by atoms with Crippen molar-refractivity contribution in [1.29, 1.82) is 0 Å². The summed E-state index contributed by atoms with van der Waals surface area (Å²) in [5.74, 6) is 0.732. The van der Waals surface area contributed by atoms with Gasteiger partial charge >= 0.3 is 0 Å². The Balaban J connectivity index is 1.69. The van der Waals surface area contributed by atoms with Gasteiger partial charge in [0.15, 0.2) is 6.61 Å². The molecule has 0 bridgehead atoms. The van der Waals surface area contributed by atoms with Crippen molar-refractivity contribution in [2.24, 2.45) is 5.92 Å². The van der Waals surface area contributed by atoms with Gasteiger partial charge in [0, 0.05) is 18.7 Å². The predicted octanol–water partition coefficient (Wildman–Crippen LogP) is 1.09. The van der Waals surface area contributed by atoms with Crippen LogP contribution < -0.4 is 15.4 Å². The zero-order chi connectivity index (χ0) is 15.1. The molecule has 7 nitrogen and oxygen atoms in total. The fraction of sp³-hybridized carbons (Fsp3) is 0.500. The van der Waals surface area contributed by atoms with E-state index in [1.807, 2.05) is 0 Å². The number of ether oxygens (including phenoxy) is 1. The van der Waals surface area contributed by atoms with Gasteiger partial charge in [-0.05, 0) is 44.0 Å². The number of carbonyl (C=O) groups is 1. The molecule has 2 rings (SSSR count). The van der Waals surface area contributed by atoms with Gasteiger partial charge in [-0.15, -0.1) is 0 Å². The van der Waals surface area contributed by atoms with Crippen LogP contribution >= 0.6 is 0 Å². The normalized spacial score (nSPS) is 18.0. The summed E-state index contributed by atoms with van der Waals surface area (Å²) in [6.07, 6.45) is 2.26. The van der Waals surface area contributed by atoms with Crippen molar-refractivity contribution < 1.29 is 14.5 Å². The highest BCUT2D eigenvalue weighted by Gasteiger charge is 2.14. The van der Waals surface area contributed by atoms with Crippen molar-refractivity contribution in [2.75, 3.05) is 26.2 Å².